The molecular weight excluding hydrogens is 354 g/mol. The Kier molecular flexibility index (Phi) is 4.12. The van der Waals surface area contributed by atoms with Crippen LogP contribution in [-0.2, 0) is 9.84 Å². The number of benzene rings is 1. The standard InChI is InChI=1S/C15H18BrNO3S/c1-10(17-9-13-3-2-6-21(13,18)19)15-8-11-7-12(16)4-5-14(11)20-15/h4-5,7-8,10,13,17H,2-3,6,9H2,1H3. The summed E-state index contributed by atoms with van der Waals surface area (Å²) in [5.41, 5.74) is 0.843. The number of sulfone groups is 1. The van der Waals surface area contributed by atoms with Crippen molar-refractivity contribution in [2.75, 3.05) is 12.3 Å². The first-order valence-electron chi connectivity index (χ1n) is 7.10. The van der Waals surface area contributed by atoms with Crippen molar-refractivity contribution < 1.29 is 12.8 Å². The smallest absolute Gasteiger partial charge is 0.154 e. The van der Waals surface area contributed by atoms with E-state index in [9.17, 15) is 8.42 Å². The Hall–Kier alpha value is -0.850. The minimum Gasteiger partial charge on any atom is -0.459 e. The molecule has 1 aliphatic rings. The van der Waals surface area contributed by atoms with Gasteiger partial charge in [-0.3, -0.25) is 0 Å². The third-order valence-corrected chi connectivity index (χ3v) is 6.81. The monoisotopic (exact) mass is 371 g/mol. The van der Waals surface area contributed by atoms with Crippen molar-refractivity contribution in [1.29, 1.82) is 0 Å². The Morgan fingerprint density at radius 1 is 1.43 bits per heavy atom. The van der Waals surface area contributed by atoms with Crippen molar-refractivity contribution in [3.8, 4) is 0 Å². The molecule has 0 radical (unpaired) electrons. The van der Waals surface area contributed by atoms with E-state index in [1.54, 1.807) is 0 Å². The number of furan rings is 1. The summed E-state index contributed by atoms with van der Waals surface area (Å²) in [6, 6.07) is 7.87. The highest BCUT2D eigenvalue weighted by Crippen LogP contribution is 2.27. The van der Waals surface area contributed by atoms with Gasteiger partial charge in [-0.2, -0.15) is 0 Å². The highest BCUT2D eigenvalue weighted by molar-refractivity contribution is 9.10. The van der Waals surface area contributed by atoms with Crippen molar-refractivity contribution in [2.24, 2.45) is 0 Å². The molecule has 1 saturated heterocycles. The van der Waals surface area contributed by atoms with Crippen LogP contribution in [0.25, 0.3) is 11.0 Å². The van der Waals surface area contributed by atoms with Crippen LogP contribution < -0.4 is 5.32 Å². The van der Waals surface area contributed by atoms with Crippen LogP contribution in [0.1, 0.15) is 31.6 Å². The van der Waals surface area contributed by atoms with Crippen LogP contribution >= 0.6 is 15.9 Å². The van der Waals surface area contributed by atoms with Gasteiger partial charge in [-0.15, -0.1) is 0 Å². The highest BCUT2D eigenvalue weighted by atomic mass is 79.9. The van der Waals surface area contributed by atoms with Gasteiger partial charge in [0.15, 0.2) is 9.84 Å². The van der Waals surface area contributed by atoms with Crippen molar-refractivity contribution in [3.63, 3.8) is 0 Å². The Balaban J connectivity index is 1.70. The Bertz CT molecular complexity index is 753. The van der Waals surface area contributed by atoms with E-state index in [2.05, 4.69) is 21.2 Å². The summed E-state index contributed by atoms with van der Waals surface area (Å²) in [5, 5.41) is 4.08. The molecular formula is C15H18BrNO3S. The van der Waals surface area contributed by atoms with Gasteiger partial charge >= 0.3 is 0 Å². The molecule has 1 aromatic carbocycles. The first-order chi connectivity index (χ1) is 9.95. The lowest BCUT2D eigenvalue weighted by molar-refractivity contribution is 0.447. The number of halogens is 1. The molecule has 2 atom stereocenters. The summed E-state index contributed by atoms with van der Waals surface area (Å²) in [5.74, 6) is 1.16. The molecule has 2 aromatic rings. The molecule has 6 heteroatoms. The van der Waals surface area contributed by atoms with Gasteiger partial charge in [-0.25, -0.2) is 8.42 Å². The van der Waals surface area contributed by atoms with Gasteiger partial charge in [0.2, 0.25) is 0 Å². The van der Waals surface area contributed by atoms with Crippen LogP contribution in [0, 0.1) is 0 Å². The van der Waals surface area contributed by atoms with Crippen LogP contribution in [-0.4, -0.2) is 26.0 Å². The minimum absolute atomic E-state index is 0.00743. The quantitative estimate of drug-likeness (QED) is 0.894. The Morgan fingerprint density at radius 2 is 2.24 bits per heavy atom. The molecule has 1 N–H and O–H groups in total. The first-order valence-corrected chi connectivity index (χ1v) is 9.60. The molecule has 1 fully saturated rings. The lowest BCUT2D eigenvalue weighted by Crippen LogP contribution is -2.32. The fourth-order valence-electron chi connectivity index (χ4n) is 2.74. The summed E-state index contributed by atoms with van der Waals surface area (Å²) in [7, 11) is -2.89. The van der Waals surface area contributed by atoms with E-state index in [4.69, 9.17) is 4.42 Å². The molecule has 0 saturated carbocycles. The molecule has 114 valence electrons. The number of fused-ring (bicyclic) bond motifs is 1. The lowest BCUT2D eigenvalue weighted by Gasteiger charge is -2.15. The van der Waals surface area contributed by atoms with E-state index in [0.717, 1.165) is 34.0 Å². The average Bonchev–Trinajstić information content (AvgIpc) is 2.98. The second-order valence-electron chi connectivity index (χ2n) is 5.59. The van der Waals surface area contributed by atoms with Gasteiger partial charge in [-0.05, 0) is 44.0 Å². The molecule has 0 spiro atoms. The number of hydrogen-bond donors (Lipinski definition) is 1. The van der Waals surface area contributed by atoms with E-state index in [1.807, 2.05) is 31.2 Å². The van der Waals surface area contributed by atoms with Gasteiger partial charge in [0, 0.05) is 16.4 Å². The molecule has 2 heterocycles. The van der Waals surface area contributed by atoms with Crippen LogP contribution in [0.2, 0.25) is 0 Å². The van der Waals surface area contributed by atoms with Gasteiger partial charge in [0.25, 0.3) is 0 Å². The van der Waals surface area contributed by atoms with Crippen molar-refractivity contribution in [2.45, 2.75) is 31.1 Å². The van der Waals surface area contributed by atoms with Gasteiger partial charge in [0.1, 0.15) is 11.3 Å². The molecule has 1 aliphatic heterocycles. The molecule has 2 unspecified atom stereocenters. The zero-order chi connectivity index (χ0) is 15.0. The second-order valence-corrected chi connectivity index (χ2v) is 8.91. The van der Waals surface area contributed by atoms with Crippen LogP contribution in [0.15, 0.2) is 33.2 Å². The van der Waals surface area contributed by atoms with E-state index in [1.165, 1.54) is 0 Å². The van der Waals surface area contributed by atoms with Crippen LogP contribution in [0.4, 0.5) is 0 Å². The summed E-state index contributed by atoms with van der Waals surface area (Å²) in [6.07, 6.45) is 1.54. The normalized spacial score (nSPS) is 22.7. The summed E-state index contributed by atoms with van der Waals surface area (Å²) >= 11 is 3.44. The van der Waals surface area contributed by atoms with E-state index in [0.29, 0.717) is 12.3 Å². The fourth-order valence-corrected chi connectivity index (χ4v) is 4.90. The SMILES string of the molecule is CC(NCC1CCCS1(=O)=O)c1cc2cc(Br)ccc2o1. The number of hydrogen-bond acceptors (Lipinski definition) is 4. The van der Waals surface area contributed by atoms with Crippen molar-refractivity contribution in [1.82, 2.24) is 5.32 Å². The van der Waals surface area contributed by atoms with Gasteiger partial charge in [0.05, 0.1) is 17.0 Å². The molecule has 21 heavy (non-hydrogen) atoms. The first kappa shape index (κ1) is 15.1. The average molecular weight is 372 g/mol. The maximum absolute atomic E-state index is 11.8. The zero-order valence-electron chi connectivity index (χ0n) is 11.8. The largest absolute Gasteiger partial charge is 0.459 e. The molecule has 4 nitrogen and oxygen atoms in total. The Morgan fingerprint density at radius 3 is 2.95 bits per heavy atom. The maximum Gasteiger partial charge on any atom is 0.154 e. The number of nitrogens with one attached hydrogen (secondary N) is 1. The van der Waals surface area contributed by atoms with Gasteiger partial charge < -0.3 is 9.73 Å². The highest BCUT2D eigenvalue weighted by Gasteiger charge is 2.31. The minimum atomic E-state index is -2.89. The Labute approximate surface area is 132 Å². The third-order valence-electron chi connectivity index (χ3n) is 4.04. The second kappa shape index (κ2) is 5.74. The molecule has 0 bridgehead atoms. The van der Waals surface area contributed by atoms with Gasteiger partial charge in [-0.1, -0.05) is 15.9 Å². The number of rotatable bonds is 4. The summed E-state index contributed by atoms with van der Waals surface area (Å²) in [6.45, 7) is 2.48. The molecule has 3 rings (SSSR count). The molecule has 1 aromatic heterocycles. The van der Waals surface area contributed by atoms with E-state index < -0.39 is 9.84 Å². The third kappa shape index (κ3) is 3.17. The van der Waals surface area contributed by atoms with Crippen molar-refractivity contribution >= 4 is 36.7 Å². The summed E-state index contributed by atoms with van der Waals surface area (Å²) < 4.78 is 30.5. The summed E-state index contributed by atoms with van der Waals surface area (Å²) in [4.78, 5) is 0. The topological polar surface area (TPSA) is 59.3 Å². The maximum atomic E-state index is 11.8. The van der Waals surface area contributed by atoms with Crippen LogP contribution in [0.3, 0.4) is 0 Å². The fraction of sp³-hybridized carbons (Fsp3) is 0.467. The zero-order valence-corrected chi connectivity index (χ0v) is 14.2. The van der Waals surface area contributed by atoms with E-state index in [-0.39, 0.29) is 11.3 Å². The lowest BCUT2D eigenvalue weighted by atomic mass is 10.2. The predicted octanol–water partition coefficient (Wildman–Crippen LogP) is 3.42. The molecule has 0 amide bonds. The predicted molar refractivity (Wildman–Crippen MR) is 87.1 cm³/mol. The van der Waals surface area contributed by atoms with E-state index >= 15 is 0 Å². The van der Waals surface area contributed by atoms with Crippen molar-refractivity contribution in [3.05, 3.63) is 34.5 Å². The molecule has 0 aliphatic carbocycles. The van der Waals surface area contributed by atoms with Crippen LogP contribution in [0.5, 0.6) is 0 Å².